The van der Waals surface area contributed by atoms with Gasteiger partial charge in [0.15, 0.2) is 0 Å². The van der Waals surface area contributed by atoms with Gasteiger partial charge >= 0.3 is 0 Å². The second-order valence-corrected chi connectivity index (χ2v) is 6.51. The van der Waals surface area contributed by atoms with Crippen LogP contribution in [-0.2, 0) is 11.1 Å². The number of nitrogens with two attached hydrogens (primary N) is 1. The van der Waals surface area contributed by atoms with Crippen LogP contribution in [0.5, 0.6) is 5.75 Å². The van der Waals surface area contributed by atoms with Crippen molar-refractivity contribution < 1.29 is 13.9 Å². The lowest BCUT2D eigenvalue weighted by molar-refractivity contribution is 0.471. The minimum atomic E-state index is -2.60. The number of nitrogen functional groups attached to an aromatic ring is 1. The maximum Gasteiger partial charge on any atom is 0.232 e. The lowest BCUT2D eigenvalue weighted by atomic mass is 10.1. The van der Waals surface area contributed by atoms with Crippen LogP contribution in [0.4, 0.5) is 5.95 Å². The highest BCUT2D eigenvalue weighted by Crippen LogP contribution is 2.40. The molecular formula is C12H8ClN4O3S2-. The van der Waals surface area contributed by atoms with Gasteiger partial charge in [-0.2, -0.15) is 4.37 Å². The van der Waals surface area contributed by atoms with Crippen LogP contribution in [0.15, 0.2) is 24.4 Å². The fourth-order valence-electron chi connectivity index (χ4n) is 2.08. The quantitative estimate of drug-likeness (QED) is 0.688. The number of aromatic nitrogens is 3. The molecule has 0 radical (unpaired) electrons. The molecule has 2 aromatic heterocycles. The van der Waals surface area contributed by atoms with Crippen molar-refractivity contribution in [1.82, 2.24) is 14.3 Å². The van der Waals surface area contributed by atoms with Crippen molar-refractivity contribution in [3.8, 4) is 5.75 Å². The number of nitrogens with zero attached hydrogens (tertiary/aromatic N) is 3. The van der Waals surface area contributed by atoms with E-state index in [1.165, 1.54) is 12.3 Å². The first-order chi connectivity index (χ1) is 10.5. The number of hydrogen-bond acceptors (Lipinski definition) is 8. The third-order valence-electron chi connectivity index (χ3n) is 3.00. The zero-order valence-corrected chi connectivity index (χ0v) is 13.2. The van der Waals surface area contributed by atoms with Gasteiger partial charge in [-0.05, 0) is 40.8 Å². The SMILES string of the molecule is Nc1nsc(C(c2cc(Cl)c3cccnc3c2O)S(=O)[O-])n1. The fourth-order valence-corrected chi connectivity index (χ4v) is 3.90. The highest BCUT2D eigenvalue weighted by atomic mass is 35.5. The molecule has 0 fully saturated rings. The molecule has 0 bridgehead atoms. The van der Waals surface area contributed by atoms with Crippen LogP contribution in [0.3, 0.4) is 0 Å². The number of aromatic hydroxyl groups is 1. The summed E-state index contributed by atoms with van der Waals surface area (Å²) >= 11 is 4.42. The molecule has 2 unspecified atom stereocenters. The number of pyridine rings is 1. The third-order valence-corrected chi connectivity index (χ3v) is 5.12. The first kappa shape index (κ1) is 15.1. The molecule has 0 aliphatic heterocycles. The number of hydrogen-bond donors (Lipinski definition) is 2. The molecule has 0 spiro atoms. The Balaban J connectivity index is 2.27. The van der Waals surface area contributed by atoms with Crippen molar-refractivity contribution >= 4 is 51.1 Å². The molecule has 0 aliphatic rings. The van der Waals surface area contributed by atoms with Crippen LogP contribution in [0, 0.1) is 0 Å². The standard InChI is InChI=1S/C12H9ClN4O3S2/c13-7-4-6(9(18)8-5(7)2-1-3-15-8)10(22(19)20)11-16-12(14)17-21-11/h1-4,10,18H,(H2,14,17)(H,19,20)/p-1. The Bertz CT molecular complexity index is 886. The number of phenols is 1. The van der Waals surface area contributed by atoms with E-state index in [4.69, 9.17) is 17.3 Å². The van der Waals surface area contributed by atoms with Crippen LogP contribution < -0.4 is 5.73 Å². The van der Waals surface area contributed by atoms with Gasteiger partial charge in [0.1, 0.15) is 21.5 Å². The number of benzene rings is 1. The molecule has 3 aromatic rings. The van der Waals surface area contributed by atoms with Gasteiger partial charge in [-0.1, -0.05) is 11.6 Å². The van der Waals surface area contributed by atoms with Crippen molar-refractivity contribution in [3.05, 3.63) is 40.0 Å². The van der Waals surface area contributed by atoms with Crippen LogP contribution in [0.2, 0.25) is 5.02 Å². The summed E-state index contributed by atoms with van der Waals surface area (Å²) in [6.07, 6.45) is 1.48. The molecule has 0 aliphatic carbocycles. The Labute approximate surface area is 136 Å². The Morgan fingerprint density at radius 1 is 1.50 bits per heavy atom. The molecule has 2 heterocycles. The predicted octanol–water partition coefficient (Wildman–Crippen LogP) is 2.00. The summed E-state index contributed by atoms with van der Waals surface area (Å²) in [5, 5.41) is 10.1. The molecule has 3 rings (SSSR count). The maximum absolute atomic E-state index is 11.6. The van der Waals surface area contributed by atoms with E-state index < -0.39 is 16.3 Å². The summed E-state index contributed by atoms with van der Waals surface area (Å²) in [4.78, 5) is 7.93. The summed E-state index contributed by atoms with van der Waals surface area (Å²) in [6.45, 7) is 0. The van der Waals surface area contributed by atoms with Gasteiger partial charge in [0.05, 0.1) is 5.02 Å². The molecule has 1 aromatic carbocycles. The Kier molecular flexibility index (Phi) is 3.96. The molecule has 0 saturated heterocycles. The Morgan fingerprint density at radius 2 is 2.27 bits per heavy atom. The van der Waals surface area contributed by atoms with Crippen molar-refractivity contribution in [2.45, 2.75) is 5.25 Å². The summed E-state index contributed by atoms with van der Waals surface area (Å²) in [7, 11) is 0. The monoisotopic (exact) mass is 355 g/mol. The Morgan fingerprint density at radius 3 is 2.91 bits per heavy atom. The van der Waals surface area contributed by atoms with Crippen LogP contribution in [-0.4, -0.2) is 28.2 Å². The van der Waals surface area contributed by atoms with Crippen LogP contribution >= 0.6 is 23.1 Å². The number of halogens is 1. The number of fused-ring (bicyclic) bond motifs is 1. The van der Waals surface area contributed by atoms with Crippen molar-refractivity contribution in [2.75, 3.05) is 5.73 Å². The van der Waals surface area contributed by atoms with E-state index in [9.17, 15) is 13.9 Å². The normalized spacial score (nSPS) is 14.1. The molecule has 3 N–H and O–H groups in total. The fraction of sp³-hybridized carbons (Fsp3) is 0.0833. The molecule has 2 atom stereocenters. The minimum absolute atomic E-state index is 0.0278. The van der Waals surface area contributed by atoms with Crippen molar-refractivity contribution in [1.29, 1.82) is 0 Å². The molecule has 10 heteroatoms. The second kappa shape index (κ2) is 5.76. The molecular weight excluding hydrogens is 348 g/mol. The van der Waals surface area contributed by atoms with Crippen molar-refractivity contribution in [3.63, 3.8) is 0 Å². The first-order valence-corrected chi connectivity index (χ1v) is 8.21. The maximum atomic E-state index is 11.6. The van der Waals surface area contributed by atoms with Gasteiger partial charge in [-0.3, -0.25) is 9.19 Å². The first-order valence-electron chi connectivity index (χ1n) is 5.92. The highest BCUT2D eigenvalue weighted by Gasteiger charge is 2.25. The van der Waals surface area contributed by atoms with E-state index in [2.05, 4.69) is 14.3 Å². The lowest BCUT2D eigenvalue weighted by Gasteiger charge is -2.19. The molecule has 0 saturated carbocycles. The number of phenolic OH excluding ortho intramolecular Hbond substituents is 1. The van der Waals surface area contributed by atoms with E-state index in [1.54, 1.807) is 12.1 Å². The summed E-state index contributed by atoms with van der Waals surface area (Å²) < 4.78 is 27.0. The van der Waals surface area contributed by atoms with Crippen LogP contribution in [0.25, 0.3) is 10.9 Å². The molecule has 7 nitrogen and oxygen atoms in total. The zero-order valence-electron chi connectivity index (χ0n) is 10.8. The van der Waals surface area contributed by atoms with Crippen LogP contribution in [0.1, 0.15) is 15.8 Å². The van der Waals surface area contributed by atoms with Gasteiger partial charge in [0.2, 0.25) is 5.95 Å². The van der Waals surface area contributed by atoms with Crippen molar-refractivity contribution in [2.24, 2.45) is 0 Å². The molecule has 0 amide bonds. The molecule has 114 valence electrons. The van der Waals surface area contributed by atoms with Gasteiger partial charge in [0, 0.05) is 17.1 Å². The second-order valence-electron chi connectivity index (χ2n) is 4.33. The van der Waals surface area contributed by atoms with Gasteiger partial charge in [0.25, 0.3) is 0 Å². The van der Waals surface area contributed by atoms with E-state index in [0.29, 0.717) is 5.39 Å². The van der Waals surface area contributed by atoms with Gasteiger partial charge < -0.3 is 15.4 Å². The van der Waals surface area contributed by atoms with Gasteiger partial charge in [-0.25, -0.2) is 4.98 Å². The lowest BCUT2D eigenvalue weighted by Crippen LogP contribution is -2.08. The average Bonchev–Trinajstić information content (AvgIpc) is 2.90. The highest BCUT2D eigenvalue weighted by molar-refractivity contribution is 7.79. The predicted molar refractivity (Wildman–Crippen MR) is 83.5 cm³/mol. The van der Waals surface area contributed by atoms with E-state index in [0.717, 1.165) is 11.5 Å². The zero-order chi connectivity index (χ0) is 15.9. The average molecular weight is 356 g/mol. The summed E-state index contributed by atoms with van der Waals surface area (Å²) in [6, 6.07) is 4.74. The van der Waals surface area contributed by atoms with Gasteiger partial charge in [-0.15, -0.1) is 0 Å². The largest absolute Gasteiger partial charge is 0.772 e. The van der Waals surface area contributed by atoms with E-state index in [-0.39, 0.29) is 32.8 Å². The van der Waals surface area contributed by atoms with E-state index >= 15 is 0 Å². The minimum Gasteiger partial charge on any atom is -0.772 e. The van der Waals surface area contributed by atoms with E-state index in [1.807, 2.05) is 0 Å². The number of anilines is 1. The number of rotatable bonds is 3. The smallest absolute Gasteiger partial charge is 0.232 e. The topological polar surface area (TPSA) is 125 Å². The Hall–Kier alpha value is -1.81. The summed E-state index contributed by atoms with van der Waals surface area (Å²) in [5.74, 6) is -0.289. The summed E-state index contributed by atoms with van der Waals surface area (Å²) in [5.41, 5.74) is 5.74. The third kappa shape index (κ3) is 2.52. The molecule has 22 heavy (non-hydrogen) atoms.